The van der Waals surface area contributed by atoms with Gasteiger partial charge in [0.25, 0.3) is 0 Å². The Morgan fingerprint density at radius 3 is 2.46 bits per heavy atom. The Morgan fingerprint density at radius 1 is 1.00 bits per heavy atom. The summed E-state index contributed by atoms with van der Waals surface area (Å²) in [6.45, 7) is 9.37. The highest BCUT2D eigenvalue weighted by Gasteiger charge is 2.33. The number of rotatable bonds is 8. The van der Waals surface area contributed by atoms with Gasteiger partial charge in [-0.2, -0.15) is 13.5 Å². The number of nitrogens with zero attached hydrogens (tertiary/aromatic N) is 4. The lowest BCUT2D eigenvalue weighted by molar-refractivity contribution is 0.103. The monoisotopic (exact) mass is 490 g/mol. The average molecular weight is 491 g/mol. The summed E-state index contributed by atoms with van der Waals surface area (Å²) >= 11 is 0. The summed E-state index contributed by atoms with van der Waals surface area (Å²) in [6.07, 6.45) is 3.17. The lowest BCUT2D eigenvalue weighted by Crippen LogP contribution is -2.27. The SMILES string of the molecule is CCN(CC)CCn1nc2c3c(c(OS(=O)(=O)c4ccc(C)cc4)ccc31)C(=O)c1ccncc1-2. The van der Waals surface area contributed by atoms with E-state index < -0.39 is 10.1 Å². The molecule has 0 saturated carbocycles. The van der Waals surface area contributed by atoms with Gasteiger partial charge in [-0.1, -0.05) is 31.5 Å². The molecule has 0 radical (unpaired) electrons. The fourth-order valence-electron chi connectivity index (χ4n) is 4.47. The number of benzene rings is 2. The molecular weight excluding hydrogens is 464 g/mol. The van der Waals surface area contributed by atoms with Gasteiger partial charge in [-0.25, -0.2) is 0 Å². The number of hydrogen-bond acceptors (Lipinski definition) is 7. The third-order valence-electron chi connectivity index (χ3n) is 6.46. The zero-order valence-corrected chi connectivity index (χ0v) is 20.7. The molecule has 1 aliphatic carbocycles. The van der Waals surface area contributed by atoms with Gasteiger partial charge in [0.2, 0.25) is 0 Å². The van der Waals surface area contributed by atoms with Crippen LogP contribution in [0.4, 0.5) is 0 Å². The maximum atomic E-state index is 13.6. The first-order chi connectivity index (χ1) is 16.8. The molecule has 0 unspecified atom stereocenters. The number of hydrogen-bond donors (Lipinski definition) is 0. The van der Waals surface area contributed by atoms with E-state index in [9.17, 15) is 13.2 Å². The molecule has 0 amide bonds. The van der Waals surface area contributed by atoms with Crippen molar-refractivity contribution in [3.05, 3.63) is 71.5 Å². The van der Waals surface area contributed by atoms with Crippen LogP contribution in [-0.4, -0.2) is 53.5 Å². The van der Waals surface area contributed by atoms with E-state index in [1.165, 1.54) is 12.1 Å². The highest BCUT2D eigenvalue weighted by Crippen LogP contribution is 2.43. The number of aromatic nitrogens is 3. The molecular formula is C26H26N4O4S. The first kappa shape index (κ1) is 23.2. The average Bonchev–Trinajstić information content (AvgIpc) is 3.23. The van der Waals surface area contributed by atoms with Crippen molar-refractivity contribution in [2.75, 3.05) is 19.6 Å². The van der Waals surface area contributed by atoms with Crippen molar-refractivity contribution in [3.8, 4) is 17.0 Å². The maximum Gasteiger partial charge on any atom is 0.339 e. The first-order valence-electron chi connectivity index (χ1n) is 11.6. The van der Waals surface area contributed by atoms with Crippen LogP contribution in [0, 0.1) is 6.92 Å². The number of carbonyl (C=O) groups excluding carboxylic acids is 1. The van der Waals surface area contributed by atoms with Gasteiger partial charge in [-0.05, 0) is 50.3 Å². The van der Waals surface area contributed by atoms with Crippen LogP contribution in [0.25, 0.3) is 22.2 Å². The van der Waals surface area contributed by atoms with Crippen LogP contribution in [-0.2, 0) is 16.7 Å². The van der Waals surface area contributed by atoms with Crippen molar-refractivity contribution in [2.45, 2.75) is 32.2 Å². The van der Waals surface area contributed by atoms with Gasteiger partial charge in [0.05, 0.1) is 17.6 Å². The summed E-state index contributed by atoms with van der Waals surface area (Å²) in [4.78, 5) is 20.1. The van der Waals surface area contributed by atoms with Crippen molar-refractivity contribution >= 4 is 26.8 Å². The molecule has 180 valence electrons. The summed E-state index contributed by atoms with van der Waals surface area (Å²) in [7, 11) is -4.14. The van der Waals surface area contributed by atoms with Crippen LogP contribution in [0.1, 0.15) is 35.3 Å². The number of fused-ring (bicyclic) bond motifs is 2. The molecule has 8 nitrogen and oxygen atoms in total. The molecule has 0 N–H and O–H groups in total. The van der Waals surface area contributed by atoms with Crippen molar-refractivity contribution < 1.29 is 17.4 Å². The fourth-order valence-corrected chi connectivity index (χ4v) is 5.41. The second-order valence-corrected chi connectivity index (χ2v) is 10.1. The Labute approximate surface area is 204 Å². The minimum atomic E-state index is -4.14. The molecule has 0 atom stereocenters. The highest BCUT2D eigenvalue weighted by atomic mass is 32.2. The summed E-state index contributed by atoms with van der Waals surface area (Å²) in [5, 5.41) is 5.42. The van der Waals surface area contributed by atoms with Gasteiger partial charge in [0, 0.05) is 35.5 Å². The van der Waals surface area contributed by atoms with Crippen molar-refractivity contribution in [1.29, 1.82) is 0 Å². The number of ketones is 1. The van der Waals surface area contributed by atoms with E-state index >= 15 is 0 Å². The summed E-state index contributed by atoms with van der Waals surface area (Å²) in [5.41, 5.74) is 3.56. The van der Waals surface area contributed by atoms with E-state index in [0.717, 1.165) is 30.7 Å². The number of likely N-dealkylation sites (N-methyl/N-ethyl adjacent to an activating group) is 1. The van der Waals surface area contributed by atoms with Crippen LogP contribution < -0.4 is 4.18 Å². The van der Waals surface area contributed by atoms with Crippen LogP contribution in [0.5, 0.6) is 5.75 Å². The molecule has 35 heavy (non-hydrogen) atoms. The molecule has 0 spiro atoms. The van der Waals surface area contributed by atoms with E-state index in [0.29, 0.717) is 28.8 Å². The van der Waals surface area contributed by atoms with Crippen LogP contribution in [0.2, 0.25) is 0 Å². The highest BCUT2D eigenvalue weighted by molar-refractivity contribution is 7.87. The van der Waals surface area contributed by atoms with Gasteiger partial charge in [-0.15, -0.1) is 0 Å². The van der Waals surface area contributed by atoms with E-state index in [2.05, 4.69) is 23.7 Å². The molecule has 0 bridgehead atoms. The smallest absolute Gasteiger partial charge is 0.339 e. The van der Waals surface area contributed by atoms with E-state index in [-0.39, 0.29) is 22.0 Å². The predicted molar refractivity (Wildman–Crippen MR) is 133 cm³/mol. The number of pyridine rings is 1. The Balaban J connectivity index is 1.65. The van der Waals surface area contributed by atoms with Gasteiger partial charge < -0.3 is 9.08 Å². The number of carbonyl (C=O) groups is 1. The lowest BCUT2D eigenvalue weighted by atomic mass is 9.88. The van der Waals surface area contributed by atoms with Gasteiger partial charge in [-0.3, -0.25) is 14.5 Å². The molecule has 0 aliphatic heterocycles. The minimum Gasteiger partial charge on any atom is -0.378 e. The molecule has 0 fully saturated rings. The Kier molecular flexibility index (Phi) is 5.90. The summed E-state index contributed by atoms with van der Waals surface area (Å²) < 4.78 is 33.5. The molecule has 4 aromatic rings. The Bertz CT molecular complexity index is 1540. The van der Waals surface area contributed by atoms with Gasteiger partial charge in [0.15, 0.2) is 11.5 Å². The Hall–Kier alpha value is -3.56. The predicted octanol–water partition coefficient (Wildman–Crippen LogP) is 4.06. The van der Waals surface area contributed by atoms with Crippen molar-refractivity contribution in [1.82, 2.24) is 19.7 Å². The third kappa shape index (κ3) is 4.00. The zero-order chi connectivity index (χ0) is 24.7. The third-order valence-corrected chi connectivity index (χ3v) is 7.71. The second-order valence-electron chi connectivity index (χ2n) is 8.53. The van der Waals surface area contributed by atoms with E-state index in [4.69, 9.17) is 9.28 Å². The maximum absolute atomic E-state index is 13.6. The quantitative estimate of drug-likeness (QED) is 0.303. The Morgan fingerprint density at radius 2 is 1.74 bits per heavy atom. The molecule has 2 aromatic heterocycles. The molecule has 9 heteroatoms. The second kappa shape index (κ2) is 8.90. The molecule has 2 aromatic carbocycles. The van der Waals surface area contributed by atoms with E-state index in [1.54, 1.807) is 42.7 Å². The molecule has 1 aliphatic rings. The molecule has 5 rings (SSSR count). The van der Waals surface area contributed by atoms with Gasteiger partial charge in [0.1, 0.15) is 10.6 Å². The van der Waals surface area contributed by atoms with Crippen molar-refractivity contribution in [3.63, 3.8) is 0 Å². The van der Waals surface area contributed by atoms with Crippen LogP contribution >= 0.6 is 0 Å². The van der Waals surface area contributed by atoms with Crippen LogP contribution in [0.15, 0.2) is 59.8 Å². The lowest BCUT2D eigenvalue weighted by Gasteiger charge is -2.18. The topological polar surface area (TPSA) is 94.4 Å². The number of aryl methyl sites for hydroxylation is 1. The normalized spacial score (nSPS) is 12.9. The largest absolute Gasteiger partial charge is 0.378 e. The standard InChI is InChI=1S/C26H26N4O4S/c1-4-29(5-2)14-15-30-21-10-11-22(34-35(32,33)18-8-6-17(3)7-9-18)24-23(21)25(28-30)20-16-27-13-12-19(20)26(24)31/h6-13,16H,4-5,14-15H2,1-3H3. The minimum absolute atomic E-state index is 0.00456. The summed E-state index contributed by atoms with van der Waals surface area (Å²) in [6, 6.07) is 11.3. The molecule has 2 heterocycles. The van der Waals surface area contributed by atoms with Gasteiger partial charge >= 0.3 is 10.1 Å². The summed E-state index contributed by atoms with van der Waals surface area (Å²) in [5.74, 6) is -0.312. The van der Waals surface area contributed by atoms with E-state index in [1.807, 2.05) is 11.6 Å². The zero-order valence-electron chi connectivity index (χ0n) is 19.9. The van der Waals surface area contributed by atoms with Crippen molar-refractivity contribution in [2.24, 2.45) is 0 Å². The van der Waals surface area contributed by atoms with Crippen LogP contribution in [0.3, 0.4) is 0 Å². The molecule has 0 saturated heterocycles. The fraction of sp³-hybridized carbons (Fsp3) is 0.269. The first-order valence-corrected chi connectivity index (χ1v) is 13.0.